The van der Waals surface area contributed by atoms with E-state index in [4.69, 9.17) is 6.42 Å². The summed E-state index contributed by atoms with van der Waals surface area (Å²) in [5.74, 6) is 7.58. The monoisotopic (exact) mass is 245 g/mol. The summed E-state index contributed by atoms with van der Waals surface area (Å²) >= 11 is 0. The van der Waals surface area contributed by atoms with E-state index in [0.29, 0.717) is 0 Å². The minimum atomic E-state index is 0.934. The molecule has 0 nitrogen and oxygen atoms in total. The summed E-state index contributed by atoms with van der Waals surface area (Å²) in [4.78, 5) is 0. The molecule has 0 rings (SSSR count). The summed E-state index contributed by atoms with van der Waals surface area (Å²) in [6.45, 7) is 2.27. The molecule has 0 aromatic carbocycles. The second-order valence-electron chi connectivity index (χ2n) is 5.07. The molecule has 0 aromatic rings. The van der Waals surface area contributed by atoms with E-state index in [1.165, 1.54) is 77.0 Å². The zero-order valence-electron chi connectivity index (χ0n) is 12.2. The summed E-state index contributed by atoms with van der Waals surface area (Å²) in [7, 11) is 0. The maximum atomic E-state index is 6.64. The van der Waals surface area contributed by atoms with Crippen LogP contribution in [0.5, 0.6) is 0 Å². The molecule has 0 saturated heterocycles. The zero-order valence-corrected chi connectivity index (χ0v) is 12.2. The third kappa shape index (κ3) is 15.1. The Kier molecular flexibility index (Phi) is 15.3. The average Bonchev–Trinajstić information content (AvgIpc) is 2.39. The van der Waals surface area contributed by atoms with Crippen molar-refractivity contribution < 1.29 is 0 Å². The number of rotatable bonds is 12. The number of hydrogen-bond acceptors (Lipinski definition) is 0. The molecule has 101 valence electrons. The molecule has 0 bridgehead atoms. The van der Waals surface area contributed by atoms with Crippen LogP contribution in [0.1, 0.15) is 90.4 Å². The summed E-state index contributed by atoms with van der Waals surface area (Å²) in [5.41, 5.74) is 0. The summed E-state index contributed by atoms with van der Waals surface area (Å²) < 4.78 is 0. The molecule has 0 heteroatoms. The lowest BCUT2D eigenvalue weighted by Crippen LogP contribution is -1.82. The van der Waals surface area contributed by atoms with E-state index in [-0.39, 0.29) is 0 Å². The lowest BCUT2D eigenvalue weighted by atomic mass is 10.0. The molecule has 0 aliphatic heterocycles. The average molecular weight is 245 g/mol. The van der Waals surface area contributed by atoms with Gasteiger partial charge in [0.25, 0.3) is 0 Å². The minimum absolute atomic E-state index is 0.934. The molecule has 1 radical (unpaired) electrons. The van der Waals surface area contributed by atoms with Crippen molar-refractivity contribution in [1.82, 2.24) is 0 Å². The summed E-state index contributed by atoms with van der Waals surface area (Å²) in [6.07, 6.45) is 24.2. The van der Waals surface area contributed by atoms with Gasteiger partial charge in [0, 0.05) is 6.42 Å². The lowest BCUT2D eigenvalue weighted by Gasteiger charge is -2.01. The van der Waals surface area contributed by atoms with Crippen molar-refractivity contribution in [3.63, 3.8) is 0 Å². The zero-order chi connectivity index (χ0) is 13.3. The minimum Gasteiger partial charge on any atom is -0.0891 e. The van der Waals surface area contributed by atoms with Crippen LogP contribution in [0.4, 0.5) is 0 Å². The van der Waals surface area contributed by atoms with Crippen molar-refractivity contribution in [2.75, 3.05) is 0 Å². The maximum absolute atomic E-state index is 6.64. The molecule has 18 heavy (non-hydrogen) atoms. The van der Waals surface area contributed by atoms with Gasteiger partial charge in [0.2, 0.25) is 0 Å². The third-order valence-electron chi connectivity index (χ3n) is 3.31. The Morgan fingerprint density at radius 3 is 1.56 bits per heavy atom. The van der Waals surface area contributed by atoms with Crippen molar-refractivity contribution in [3.05, 3.63) is 6.42 Å². The van der Waals surface area contributed by atoms with E-state index in [2.05, 4.69) is 24.7 Å². The van der Waals surface area contributed by atoms with Crippen LogP contribution in [-0.4, -0.2) is 0 Å². The molecule has 0 spiro atoms. The van der Waals surface area contributed by atoms with Crippen molar-refractivity contribution in [2.24, 2.45) is 0 Å². The number of hydrogen-bond donors (Lipinski definition) is 0. The fraction of sp³-hybridized carbons (Fsp3) is 0.778. The topological polar surface area (TPSA) is 0 Å². The summed E-state index contributed by atoms with van der Waals surface area (Å²) in [6, 6.07) is 0. The first-order valence-electron chi connectivity index (χ1n) is 7.81. The first kappa shape index (κ1) is 17.1. The Morgan fingerprint density at radius 2 is 1.11 bits per heavy atom. The molecule has 0 fully saturated rings. The fourth-order valence-electron chi connectivity index (χ4n) is 2.16. The highest BCUT2D eigenvalue weighted by molar-refractivity contribution is 5.18. The highest BCUT2D eigenvalue weighted by Crippen LogP contribution is 2.12. The highest BCUT2D eigenvalue weighted by atomic mass is 14.0. The van der Waals surface area contributed by atoms with Crippen LogP contribution in [0.3, 0.4) is 0 Å². The van der Waals surface area contributed by atoms with Gasteiger partial charge in [-0.1, -0.05) is 83.5 Å². The van der Waals surface area contributed by atoms with Crippen LogP contribution in [0.15, 0.2) is 0 Å². The van der Waals surface area contributed by atoms with Crippen LogP contribution in [0.25, 0.3) is 0 Å². The van der Waals surface area contributed by atoms with Crippen molar-refractivity contribution >= 4 is 0 Å². The number of unbranched alkanes of at least 4 members (excludes halogenated alkanes) is 12. The van der Waals surface area contributed by atoms with Gasteiger partial charge >= 0.3 is 0 Å². The van der Waals surface area contributed by atoms with E-state index >= 15 is 0 Å². The van der Waals surface area contributed by atoms with Crippen LogP contribution >= 0.6 is 0 Å². The van der Waals surface area contributed by atoms with Gasteiger partial charge in [0.15, 0.2) is 0 Å². The first-order chi connectivity index (χ1) is 8.91. The highest BCUT2D eigenvalue weighted by Gasteiger charge is 1.92. The smallest absolute Gasteiger partial charge is 0.00989 e. The second-order valence-corrected chi connectivity index (χ2v) is 5.07. The van der Waals surface area contributed by atoms with Gasteiger partial charge < -0.3 is 0 Å². The molecule has 0 saturated carbocycles. The van der Waals surface area contributed by atoms with Crippen molar-refractivity contribution in [1.29, 1.82) is 0 Å². The van der Waals surface area contributed by atoms with E-state index < -0.39 is 0 Å². The molecule has 0 aliphatic rings. The van der Waals surface area contributed by atoms with Gasteiger partial charge in [-0.3, -0.25) is 0 Å². The quantitative estimate of drug-likeness (QED) is 0.307. The second kappa shape index (κ2) is 16.1. The lowest BCUT2D eigenvalue weighted by molar-refractivity contribution is 0.545. The fourth-order valence-corrected chi connectivity index (χ4v) is 2.16. The molecular weight excluding hydrogens is 216 g/mol. The predicted octanol–water partition coefficient (Wildman–Crippen LogP) is 5.67. The standard InChI is InChI=1S/C18H29/c1-3-5-7-9-11-13-15-17-18-16-14-12-10-8-6-4-2/h3,5,7,9-18H2,1H3. The molecule has 0 aliphatic carbocycles. The molecular formula is C18H29. The molecule has 0 N–H and O–H groups in total. The summed E-state index contributed by atoms with van der Waals surface area (Å²) in [5, 5.41) is 0. The Morgan fingerprint density at radius 1 is 0.667 bits per heavy atom. The van der Waals surface area contributed by atoms with Gasteiger partial charge in [0.05, 0.1) is 0 Å². The Labute approximate surface area is 115 Å². The van der Waals surface area contributed by atoms with Crippen molar-refractivity contribution in [3.8, 4) is 17.8 Å². The van der Waals surface area contributed by atoms with Gasteiger partial charge in [-0.15, -0.1) is 0 Å². The van der Waals surface area contributed by atoms with E-state index in [1.807, 2.05) is 0 Å². The maximum Gasteiger partial charge on any atom is 0.00989 e. The first-order valence-corrected chi connectivity index (χ1v) is 7.81. The van der Waals surface area contributed by atoms with Crippen LogP contribution in [0, 0.1) is 24.2 Å². The van der Waals surface area contributed by atoms with Crippen molar-refractivity contribution in [2.45, 2.75) is 90.4 Å². The normalized spacial score (nSPS) is 9.56. The Bertz CT molecular complexity index is 245. The van der Waals surface area contributed by atoms with Crippen LogP contribution in [-0.2, 0) is 0 Å². The SMILES string of the molecule is [C]#CC#CCCCCCCCCCCCCCC. The van der Waals surface area contributed by atoms with E-state index in [9.17, 15) is 0 Å². The van der Waals surface area contributed by atoms with Gasteiger partial charge in [-0.2, -0.15) is 0 Å². The Hall–Kier alpha value is -0.880. The van der Waals surface area contributed by atoms with E-state index in [1.54, 1.807) is 0 Å². The molecule has 0 heterocycles. The van der Waals surface area contributed by atoms with Gasteiger partial charge in [-0.25, -0.2) is 0 Å². The van der Waals surface area contributed by atoms with Crippen LogP contribution in [0.2, 0.25) is 0 Å². The largest absolute Gasteiger partial charge is 0.0891 e. The molecule has 0 aromatic heterocycles. The predicted molar refractivity (Wildman–Crippen MR) is 80.6 cm³/mol. The molecule has 0 atom stereocenters. The van der Waals surface area contributed by atoms with Gasteiger partial charge in [-0.05, 0) is 24.7 Å². The molecule has 0 amide bonds. The van der Waals surface area contributed by atoms with Gasteiger partial charge in [0.1, 0.15) is 0 Å². The Balaban J connectivity index is 2.97. The third-order valence-corrected chi connectivity index (χ3v) is 3.31. The van der Waals surface area contributed by atoms with E-state index in [0.717, 1.165) is 6.42 Å². The van der Waals surface area contributed by atoms with Crippen LogP contribution < -0.4 is 0 Å². The molecule has 0 unspecified atom stereocenters.